The molecule has 6 nitrogen and oxygen atoms in total. The minimum Gasteiger partial charge on any atom is -0.338 e. The number of hydrogen-bond donors (Lipinski definition) is 2. The summed E-state index contributed by atoms with van der Waals surface area (Å²) in [5.41, 5.74) is -0.216. The van der Waals surface area contributed by atoms with Gasteiger partial charge in [0.2, 0.25) is 11.8 Å². The van der Waals surface area contributed by atoms with Gasteiger partial charge in [0.1, 0.15) is 5.82 Å². The number of rotatable bonds is 3. The van der Waals surface area contributed by atoms with Gasteiger partial charge < -0.3 is 10.2 Å². The highest BCUT2D eigenvalue weighted by Gasteiger charge is 2.51. The highest BCUT2D eigenvalue weighted by atomic mass is 19.1. The summed E-state index contributed by atoms with van der Waals surface area (Å²) in [6.45, 7) is 0.997. The van der Waals surface area contributed by atoms with Crippen molar-refractivity contribution in [1.82, 2.24) is 15.5 Å². The van der Waals surface area contributed by atoms with Crippen molar-refractivity contribution in [2.75, 3.05) is 19.6 Å². The Balaban J connectivity index is 1.51. The molecule has 1 spiro atoms. The molecule has 0 radical (unpaired) electrons. The van der Waals surface area contributed by atoms with Crippen LogP contribution < -0.4 is 10.6 Å². The average molecular weight is 319 g/mol. The summed E-state index contributed by atoms with van der Waals surface area (Å²) in [7, 11) is 0. The largest absolute Gasteiger partial charge is 0.338 e. The molecule has 2 aliphatic rings. The third kappa shape index (κ3) is 3.04. The minimum atomic E-state index is -0.764. The van der Waals surface area contributed by atoms with Crippen molar-refractivity contribution in [2.24, 2.45) is 5.41 Å². The molecule has 1 atom stereocenters. The van der Waals surface area contributed by atoms with E-state index >= 15 is 0 Å². The van der Waals surface area contributed by atoms with Gasteiger partial charge in [-0.3, -0.25) is 14.9 Å². The second kappa shape index (κ2) is 5.98. The van der Waals surface area contributed by atoms with E-state index in [1.165, 1.54) is 6.07 Å². The maximum Gasteiger partial charge on any atom is 0.317 e. The zero-order valence-electron chi connectivity index (χ0n) is 12.6. The molecule has 2 aliphatic heterocycles. The van der Waals surface area contributed by atoms with Crippen molar-refractivity contribution in [2.45, 2.75) is 19.3 Å². The Morgan fingerprint density at radius 2 is 2.13 bits per heavy atom. The molecule has 1 aromatic rings. The maximum atomic E-state index is 13.5. The van der Waals surface area contributed by atoms with Crippen molar-refractivity contribution in [3.8, 4) is 0 Å². The smallest absolute Gasteiger partial charge is 0.317 e. The highest BCUT2D eigenvalue weighted by molar-refractivity contribution is 6.06. The Kier molecular flexibility index (Phi) is 4.02. The number of carbonyl (C=O) groups is 3. The van der Waals surface area contributed by atoms with Gasteiger partial charge in [0.15, 0.2) is 0 Å². The summed E-state index contributed by atoms with van der Waals surface area (Å²) in [5, 5.41) is 5.04. The van der Waals surface area contributed by atoms with Gasteiger partial charge in [-0.2, -0.15) is 0 Å². The first-order chi connectivity index (χ1) is 11.0. The van der Waals surface area contributed by atoms with Gasteiger partial charge in [-0.25, -0.2) is 9.18 Å². The monoisotopic (exact) mass is 319 g/mol. The van der Waals surface area contributed by atoms with E-state index in [0.717, 1.165) is 0 Å². The van der Waals surface area contributed by atoms with Crippen molar-refractivity contribution in [1.29, 1.82) is 0 Å². The fraction of sp³-hybridized carbons (Fsp3) is 0.438. The number of carbonyl (C=O) groups excluding carboxylic acids is 3. The molecule has 23 heavy (non-hydrogen) atoms. The lowest BCUT2D eigenvalue weighted by Crippen LogP contribution is -2.42. The Morgan fingerprint density at radius 3 is 2.83 bits per heavy atom. The number of hydrogen-bond acceptors (Lipinski definition) is 3. The van der Waals surface area contributed by atoms with Crippen molar-refractivity contribution in [3.05, 3.63) is 35.6 Å². The normalized spacial score (nSPS) is 23.4. The van der Waals surface area contributed by atoms with Crippen LogP contribution in [0.2, 0.25) is 0 Å². The molecule has 1 aromatic carbocycles. The van der Waals surface area contributed by atoms with E-state index in [1.54, 1.807) is 23.1 Å². The van der Waals surface area contributed by atoms with E-state index in [1.807, 2.05) is 0 Å². The first-order valence-corrected chi connectivity index (χ1v) is 7.61. The average Bonchev–Trinajstić information content (AvgIpc) is 3.05. The Morgan fingerprint density at radius 1 is 1.35 bits per heavy atom. The van der Waals surface area contributed by atoms with Crippen LogP contribution in [0.25, 0.3) is 0 Å². The lowest BCUT2D eigenvalue weighted by Gasteiger charge is -2.20. The van der Waals surface area contributed by atoms with Gasteiger partial charge in [-0.05, 0) is 24.5 Å². The van der Waals surface area contributed by atoms with E-state index in [4.69, 9.17) is 0 Å². The number of imide groups is 1. The van der Waals surface area contributed by atoms with Crippen LogP contribution in [0.3, 0.4) is 0 Å². The van der Waals surface area contributed by atoms with E-state index in [9.17, 15) is 18.8 Å². The van der Waals surface area contributed by atoms with E-state index in [2.05, 4.69) is 10.6 Å². The molecular weight excluding hydrogens is 301 g/mol. The number of halogens is 1. The molecule has 0 bridgehead atoms. The predicted molar refractivity (Wildman–Crippen MR) is 79.9 cm³/mol. The van der Waals surface area contributed by atoms with Crippen LogP contribution in [0.1, 0.15) is 18.4 Å². The Labute approximate surface area is 133 Å². The van der Waals surface area contributed by atoms with Crippen LogP contribution in [0.4, 0.5) is 9.18 Å². The minimum absolute atomic E-state index is 0.144. The maximum absolute atomic E-state index is 13.5. The molecule has 2 heterocycles. The molecule has 1 unspecified atom stereocenters. The van der Waals surface area contributed by atoms with Crippen molar-refractivity contribution >= 4 is 17.8 Å². The lowest BCUT2D eigenvalue weighted by atomic mass is 9.85. The standard InChI is InChI=1S/C16H18FN3O3/c17-12-4-2-1-3-11(12)5-7-18-15(23)20-8-6-16(10-20)9-13(21)19-14(16)22/h1-4H,5-10H2,(H,18,23)(H,19,21,22). The summed E-state index contributed by atoms with van der Waals surface area (Å²) in [4.78, 5) is 36.9. The number of benzene rings is 1. The van der Waals surface area contributed by atoms with Crippen molar-refractivity contribution in [3.63, 3.8) is 0 Å². The predicted octanol–water partition coefficient (Wildman–Crippen LogP) is 0.816. The molecule has 2 N–H and O–H groups in total. The molecule has 2 saturated heterocycles. The van der Waals surface area contributed by atoms with Crippen LogP contribution in [-0.2, 0) is 16.0 Å². The van der Waals surface area contributed by atoms with Gasteiger partial charge in [-0.1, -0.05) is 18.2 Å². The fourth-order valence-corrected chi connectivity index (χ4v) is 3.18. The molecule has 3 rings (SSSR count). The summed E-state index contributed by atoms with van der Waals surface area (Å²) in [6.07, 6.45) is 1.03. The molecule has 2 fully saturated rings. The second-order valence-electron chi connectivity index (χ2n) is 6.08. The zero-order chi connectivity index (χ0) is 16.4. The Hall–Kier alpha value is -2.44. The summed E-state index contributed by atoms with van der Waals surface area (Å²) < 4.78 is 13.5. The van der Waals surface area contributed by atoms with Crippen LogP contribution >= 0.6 is 0 Å². The zero-order valence-corrected chi connectivity index (χ0v) is 12.6. The highest BCUT2D eigenvalue weighted by Crippen LogP contribution is 2.37. The number of nitrogens with one attached hydrogen (secondary N) is 2. The summed E-state index contributed by atoms with van der Waals surface area (Å²) in [5.74, 6) is -0.857. The summed E-state index contributed by atoms with van der Waals surface area (Å²) >= 11 is 0. The lowest BCUT2D eigenvalue weighted by molar-refractivity contribution is -0.128. The van der Waals surface area contributed by atoms with E-state index in [0.29, 0.717) is 31.5 Å². The number of likely N-dealkylation sites (tertiary alicyclic amines) is 1. The molecular formula is C16H18FN3O3. The van der Waals surface area contributed by atoms with Gasteiger partial charge in [0.25, 0.3) is 0 Å². The Bertz CT molecular complexity index is 664. The third-order valence-electron chi connectivity index (χ3n) is 4.50. The topological polar surface area (TPSA) is 78.5 Å². The number of amides is 4. The molecule has 7 heteroatoms. The first kappa shape index (κ1) is 15.5. The quantitative estimate of drug-likeness (QED) is 0.810. The van der Waals surface area contributed by atoms with E-state index < -0.39 is 5.41 Å². The second-order valence-corrected chi connectivity index (χ2v) is 6.08. The van der Waals surface area contributed by atoms with Crippen LogP contribution in [-0.4, -0.2) is 42.4 Å². The van der Waals surface area contributed by atoms with Gasteiger partial charge in [0.05, 0.1) is 5.41 Å². The third-order valence-corrected chi connectivity index (χ3v) is 4.50. The van der Waals surface area contributed by atoms with Gasteiger partial charge in [0, 0.05) is 26.1 Å². The molecule has 0 aliphatic carbocycles. The van der Waals surface area contributed by atoms with Gasteiger partial charge >= 0.3 is 6.03 Å². The first-order valence-electron chi connectivity index (χ1n) is 7.61. The van der Waals surface area contributed by atoms with Gasteiger partial charge in [-0.15, -0.1) is 0 Å². The number of nitrogens with zero attached hydrogens (tertiary/aromatic N) is 1. The summed E-state index contributed by atoms with van der Waals surface area (Å²) in [6, 6.07) is 6.15. The van der Waals surface area contributed by atoms with Crippen LogP contribution in [0.15, 0.2) is 24.3 Å². The molecule has 0 saturated carbocycles. The molecule has 0 aromatic heterocycles. The molecule has 122 valence electrons. The van der Waals surface area contributed by atoms with Crippen LogP contribution in [0.5, 0.6) is 0 Å². The fourth-order valence-electron chi connectivity index (χ4n) is 3.18. The molecule has 4 amide bonds. The van der Waals surface area contributed by atoms with Crippen molar-refractivity contribution < 1.29 is 18.8 Å². The SMILES string of the molecule is O=C1CC2(CCN(C(=O)NCCc3ccccc3F)C2)C(=O)N1. The van der Waals surface area contributed by atoms with E-state index in [-0.39, 0.29) is 36.6 Å². The number of urea groups is 1. The van der Waals surface area contributed by atoms with Crippen LogP contribution in [0, 0.1) is 11.2 Å².